The zero-order valence-corrected chi connectivity index (χ0v) is 11.3. The molecule has 0 aliphatic carbocycles. The molecule has 0 aromatic heterocycles. The van der Waals surface area contributed by atoms with Crippen LogP contribution in [0, 0.1) is 0 Å². The van der Waals surface area contributed by atoms with Crippen LogP contribution in [-0.4, -0.2) is 16.1 Å². The summed E-state index contributed by atoms with van der Waals surface area (Å²) in [5.74, 6) is -0.823. The van der Waals surface area contributed by atoms with E-state index in [1.807, 2.05) is 0 Å². The Morgan fingerprint density at radius 1 is 1.16 bits per heavy atom. The van der Waals surface area contributed by atoms with Crippen molar-refractivity contribution in [3.8, 4) is 11.5 Å². The maximum atomic E-state index is 12.0. The van der Waals surface area contributed by atoms with Gasteiger partial charge in [-0.15, -0.1) is 0 Å². The number of nitrogen functional groups attached to an aromatic ring is 1. The molecular formula is C13H11BrN2O3. The van der Waals surface area contributed by atoms with Crippen LogP contribution < -0.4 is 11.1 Å². The number of hydrogen-bond donors (Lipinski definition) is 4. The summed E-state index contributed by atoms with van der Waals surface area (Å²) >= 11 is 3.25. The largest absolute Gasteiger partial charge is 0.508 e. The highest BCUT2D eigenvalue weighted by atomic mass is 79.9. The van der Waals surface area contributed by atoms with Gasteiger partial charge in [0, 0.05) is 15.8 Å². The lowest BCUT2D eigenvalue weighted by molar-refractivity contribution is 0.102. The maximum absolute atomic E-state index is 12.0. The van der Waals surface area contributed by atoms with Crippen LogP contribution in [0.3, 0.4) is 0 Å². The van der Waals surface area contributed by atoms with Crippen molar-refractivity contribution in [3.63, 3.8) is 0 Å². The van der Waals surface area contributed by atoms with Gasteiger partial charge >= 0.3 is 0 Å². The Bertz CT molecular complexity index is 644. The Labute approximate surface area is 117 Å². The number of rotatable bonds is 2. The Morgan fingerprint density at radius 2 is 1.89 bits per heavy atom. The van der Waals surface area contributed by atoms with Crippen LogP contribution in [0.1, 0.15) is 10.4 Å². The molecule has 98 valence electrons. The molecule has 0 saturated carbocycles. The fourth-order valence-electron chi connectivity index (χ4n) is 1.51. The first-order chi connectivity index (χ1) is 8.97. The third kappa shape index (κ3) is 2.97. The first-order valence-electron chi connectivity index (χ1n) is 5.36. The van der Waals surface area contributed by atoms with Gasteiger partial charge in [-0.1, -0.05) is 0 Å². The van der Waals surface area contributed by atoms with Crippen molar-refractivity contribution < 1.29 is 15.0 Å². The summed E-state index contributed by atoms with van der Waals surface area (Å²) in [6, 6.07) is 8.67. The minimum absolute atomic E-state index is 0.00653. The van der Waals surface area contributed by atoms with Crippen molar-refractivity contribution in [2.75, 3.05) is 11.1 Å². The molecule has 5 nitrogen and oxygen atoms in total. The summed E-state index contributed by atoms with van der Waals surface area (Å²) in [5.41, 5.74) is 6.71. The Balaban J connectivity index is 2.25. The van der Waals surface area contributed by atoms with Gasteiger partial charge in [0.15, 0.2) is 0 Å². The van der Waals surface area contributed by atoms with Gasteiger partial charge in [0.05, 0.1) is 5.56 Å². The fraction of sp³-hybridized carbons (Fsp3) is 0. The van der Waals surface area contributed by atoms with Crippen LogP contribution in [0.15, 0.2) is 40.9 Å². The lowest BCUT2D eigenvalue weighted by atomic mass is 10.1. The van der Waals surface area contributed by atoms with Crippen molar-refractivity contribution in [3.05, 3.63) is 46.4 Å². The minimum atomic E-state index is -0.523. The highest BCUT2D eigenvalue weighted by Gasteiger charge is 2.12. The lowest BCUT2D eigenvalue weighted by Crippen LogP contribution is -2.12. The standard InChI is InChI=1S/C13H11BrN2O3/c14-10-5-7(1-3-11(10)15)16-13(19)9-6-8(17)2-4-12(9)18/h1-6,17-18H,15H2,(H,16,19). The summed E-state index contributed by atoms with van der Waals surface area (Å²) in [5, 5.41) is 21.5. The van der Waals surface area contributed by atoms with E-state index in [0.29, 0.717) is 15.8 Å². The number of anilines is 2. The highest BCUT2D eigenvalue weighted by Crippen LogP contribution is 2.26. The van der Waals surface area contributed by atoms with Gasteiger partial charge in [-0.25, -0.2) is 0 Å². The van der Waals surface area contributed by atoms with Gasteiger partial charge < -0.3 is 21.3 Å². The second-order valence-corrected chi connectivity index (χ2v) is 4.75. The molecule has 0 aliphatic heterocycles. The van der Waals surface area contributed by atoms with E-state index in [1.165, 1.54) is 18.2 Å². The summed E-state index contributed by atoms with van der Waals surface area (Å²) in [4.78, 5) is 12.0. The van der Waals surface area contributed by atoms with Crippen LogP contribution in [0.25, 0.3) is 0 Å². The predicted octanol–water partition coefficient (Wildman–Crippen LogP) is 2.69. The van der Waals surface area contributed by atoms with Crippen LogP contribution in [0.5, 0.6) is 11.5 Å². The number of halogens is 1. The van der Waals surface area contributed by atoms with Crippen molar-refractivity contribution in [2.24, 2.45) is 0 Å². The third-order valence-electron chi connectivity index (χ3n) is 2.48. The van der Waals surface area contributed by atoms with Gasteiger partial charge in [-0.3, -0.25) is 4.79 Å². The van der Waals surface area contributed by atoms with E-state index in [-0.39, 0.29) is 17.1 Å². The summed E-state index contributed by atoms with van der Waals surface area (Å²) in [6.45, 7) is 0. The number of phenols is 2. The first-order valence-corrected chi connectivity index (χ1v) is 6.15. The van der Waals surface area contributed by atoms with E-state index >= 15 is 0 Å². The molecule has 0 heterocycles. The smallest absolute Gasteiger partial charge is 0.259 e. The molecule has 2 aromatic carbocycles. The molecule has 0 spiro atoms. The van der Waals surface area contributed by atoms with Gasteiger partial charge in [0.2, 0.25) is 0 Å². The molecule has 6 heteroatoms. The van der Waals surface area contributed by atoms with Crippen molar-refractivity contribution in [1.29, 1.82) is 0 Å². The molecule has 0 fully saturated rings. The van der Waals surface area contributed by atoms with Gasteiger partial charge in [-0.2, -0.15) is 0 Å². The number of carbonyl (C=O) groups is 1. The van der Waals surface area contributed by atoms with Crippen LogP contribution in [0.4, 0.5) is 11.4 Å². The molecule has 0 saturated heterocycles. The number of amides is 1. The number of hydrogen-bond acceptors (Lipinski definition) is 4. The number of benzene rings is 2. The first kappa shape index (κ1) is 13.2. The molecule has 0 radical (unpaired) electrons. The second-order valence-electron chi connectivity index (χ2n) is 3.89. The number of nitrogens with one attached hydrogen (secondary N) is 1. The Kier molecular flexibility index (Phi) is 3.62. The molecule has 2 aromatic rings. The Morgan fingerprint density at radius 3 is 2.58 bits per heavy atom. The van der Waals surface area contributed by atoms with E-state index in [9.17, 15) is 15.0 Å². The van der Waals surface area contributed by atoms with Crippen molar-refractivity contribution in [1.82, 2.24) is 0 Å². The van der Waals surface area contributed by atoms with E-state index in [1.54, 1.807) is 18.2 Å². The topological polar surface area (TPSA) is 95.6 Å². The summed E-state index contributed by atoms with van der Waals surface area (Å²) in [6.07, 6.45) is 0. The van der Waals surface area contributed by atoms with Gasteiger partial charge in [0.25, 0.3) is 5.91 Å². The van der Waals surface area contributed by atoms with Crippen molar-refractivity contribution in [2.45, 2.75) is 0 Å². The molecule has 1 amide bonds. The van der Waals surface area contributed by atoms with Gasteiger partial charge in [0.1, 0.15) is 11.5 Å². The van der Waals surface area contributed by atoms with Crippen LogP contribution in [-0.2, 0) is 0 Å². The number of phenolic OH excluding ortho intramolecular Hbond substituents is 2. The molecule has 19 heavy (non-hydrogen) atoms. The molecule has 0 aliphatic rings. The van der Waals surface area contributed by atoms with E-state index in [2.05, 4.69) is 21.2 Å². The summed E-state index contributed by atoms with van der Waals surface area (Å²) < 4.78 is 0.658. The van der Waals surface area contributed by atoms with Crippen LogP contribution in [0.2, 0.25) is 0 Å². The molecule has 0 unspecified atom stereocenters. The zero-order valence-electron chi connectivity index (χ0n) is 9.72. The molecule has 0 bridgehead atoms. The molecule has 0 atom stereocenters. The SMILES string of the molecule is Nc1ccc(NC(=O)c2cc(O)ccc2O)cc1Br. The summed E-state index contributed by atoms with van der Waals surface area (Å²) in [7, 11) is 0. The maximum Gasteiger partial charge on any atom is 0.259 e. The van der Waals surface area contributed by atoms with E-state index < -0.39 is 5.91 Å². The molecule has 5 N–H and O–H groups in total. The number of aromatic hydroxyl groups is 2. The van der Waals surface area contributed by atoms with Crippen LogP contribution >= 0.6 is 15.9 Å². The normalized spacial score (nSPS) is 10.2. The average Bonchev–Trinajstić information content (AvgIpc) is 2.36. The van der Waals surface area contributed by atoms with E-state index in [4.69, 9.17) is 5.73 Å². The zero-order chi connectivity index (χ0) is 14.0. The highest BCUT2D eigenvalue weighted by molar-refractivity contribution is 9.10. The lowest BCUT2D eigenvalue weighted by Gasteiger charge is -2.08. The number of nitrogens with two attached hydrogens (primary N) is 1. The predicted molar refractivity (Wildman–Crippen MR) is 76.3 cm³/mol. The average molecular weight is 323 g/mol. The fourth-order valence-corrected chi connectivity index (χ4v) is 1.89. The Hall–Kier alpha value is -2.21. The minimum Gasteiger partial charge on any atom is -0.508 e. The quantitative estimate of drug-likeness (QED) is 0.505. The van der Waals surface area contributed by atoms with Gasteiger partial charge in [-0.05, 0) is 52.3 Å². The third-order valence-corrected chi connectivity index (χ3v) is 3.17. The molecular weight excluding hydrogens is 312 g/mol. The molecule has 2 rings (SSSR count). The second kappa shape index (κ2) is 5.19. The van der Waals surface area contributed by atoms with E-state index in [0.717, 1.165) is 0 Å². The van der Waals surface area contributed by atoms with Crippen molar-refractivity contribution >= 4 is 33.2 Å². The monoisotopic (exact) mass is 322 g/mol. The number of carbonyl (C=O) groups excluding carboxylic acids is 1.